The van der Waals surface area contributed by atoms with E-state index in [2.05, 4.69) is 5.32 Å². The van der Waals surface area contributed by atoms with E-state index in [1.54, 1.807) is 12.1 Å². The first-order chi connectivity index (χ1) is 11.0. The number of nitrogens with one attached hydrogen (secondary N) is 1. The number of piperidine rings is 1. The molecule has 6 heteroatoms. The van der Waals surface area contributed by atoms with Crippen molar-refractivity contribution in [3.8, 4) is 0 Å². The molecule has 0 saturated carbocycles. The molecular weight excluding hydrogens is 314 g/mol. The highest BCUT2D eigenvalue weighted by atomic mass is 35.5. The van der Waals surface area contributed by atoms with Gasteiger partial charge in [0.2, 0.25) is 5.91 Å². The van der Waals surface area contributed by atoms with Gasteiger partial charge in [0.25, 0.3) is 5.91 Å². The Bertz CT molecular complexity index is 577. The summed E-state index contributed by atoms with van der Waals surface area (Å²) in [5.74, 6) is -0.0599. The van der Waals surface area contributed by atoms with E-state index in [-0.39, 0.29) is 17.9 Å². The number of hydrogen-bond donors (Lipinski definition) is 2. The van der Waals surface area contributed by atoms with Gasteiger partial charge in [0.05, 0.1) is 0 Å². The Balaban J connectivity index is 2.06. The molecule has 0 aliphatic carbocycles. The summed E-state index contributed by atoms with van der Waals surface area (Å²) in [6, 6.07) is 5.38. The third kappa shape index (κ3) is 4.69. The lowest BCUT2D eigenvalue weighted by molar-refractivity contribution is -0.121. The van der Waals surface area contributed by atoms with E-state index in [4.69, 9.17) is 17.3 Å². The quantitative estimate of drug-likeness (QED) is 0.864. The topological polar surface area (TPSA) is 75.4 Å². The minimum atomic E-state index is -0.0622. The molecule has 1 fully saturated rings. The Labute approximate surface area is 142 Å². The maximum Gasteiger partial charge on any atom is 0.254 e. The number of rotatable bonds is 5. The number of carbonyl (C=O) groups excluding carboxylic acids is 2. The van der Waals surface area contributed by atoms with Crippen LogP contribution in [0.2, 0.25) is 5.02 Å². The summed E-state index contributed by atoms with van der Waals surface area (Å²) >= 11 is 6.03. The highest BCUT2D eigenvalue weighted by Crippen LogP contribution is 2.22. The molecular formula is C17H24ClN3O2. The standard InChI is InChI=1S/C17H24ClN3O2/c1-12-10-13(5-6-15(12)18)17(23)21-9-3-2-4-14(21)11-20-16(22)7-8-19/h5-6,10,14H,2-4,7-9,11,19H2,1H3,(H,20,22). The fourth-order valence-electron chi connectivity index (χ4n) is 2.87. The summed E-state index contributed by atoms with van der Waals surface area (Å²) in [6.45, 7) is 3.43. The van der Waals surface area contributed by atoms with Gasteiger partial charge in [0.1, 0.15) is 0 Å². The monoisotopic (exact) mass is 337 g/mol. The van der Waals surface area contributed by atoms with Crippen LogP contribution in [-0.4, -0.2) is 42.4 Å². The van der Waals surface area contributed by atoms with Crippen LogP contribution in [0.5, 0.6) is 0 Å². The van der Waals surface area contributed by atoms with Gasteiger partial charge in [-0.15, -0.1) is 0 Å². The molecule has 2 rings (SSSR count). The molecule has 3 N–H and O–H groups in total. The maximum absolute atomic E-state index is 12.8. The molecule has 0 spiro atoms. The largest absolute Gasteiger partial charge is 0.354 e. The summed E-state index contributed by atoms with van der Waals surface area (Å²) in [5, 5.41) is 3.53. The maximum atomic E-state index is 12.8. The average Bonchev–Trinajstić information content (AvgIpc) is 2.55. The molecule has 5 nitrogen and oxygen atoms in total. The van der Waals surface area contributed by atoms with Crippen LogP contribution in [0.25, 0.3) is 0 Å². The number of likely N-dealkylation sites (tertiary alicyclic amines) is 1. The molecule has 2 amide bonds. The van der Waals surface area contributed by atoms with Crippen molar-refractivity contribution in [2.75, 3.05) is 19.6 Å². The zero-order valence-corrected chi connectivity index (χ0v) is 14.2. The zero-order chi connectivity index (χ0) is 16.8. The minimum absolute atomic E-state index is 0.00235. The molecule has 1 unspecified atom stereocenters. The van der Waals surface area contributed by atoms with Crippen LogP contribution in [-0.2, 0) is 4.79 Å². The first-order valence-electron chi connectivity index (χ1n) is 8.07. The van der Waals surface area contributed by atoms with Gasteiger partial charge >= 0.3 is 0 Å². The molecule has 1 saturated heterocycles. The van der Waals surface area contributed by atoms with Crippen LogP contribution in [0.3, 0.4) is 0 Å². The van der Waals surface area contributed by atoms with Crippen molar-refractivity contribution in [3.05, 3.63) is 34.3 Å². The summed E-state index contributed by atoms with van der Waals surface area (Å²) < 4.78 is 0. The Morgan fingerprint density at radius 3 is 2.87 bits per heavy atom. The van der Waals surface area contributed by atoms with Crippen molar-refractivity contribution in [1.82, 2.24) is 10.2 Å². The number of benzene rings is 1. The van der Waals surface area contributed by atoms with Crippen molar-refractivity contribution >= 4 is 23.4 Å². The fraction of sp³-hybridized carbons (Fsp3) is 0.529. The number of nitrogens with two attached hydrogens (primary N) is 1. The molecule has 1 aliphatic rings. The van der Waals surface area contributed by atoms with Crippen LogP contribution in [0.1, 0.15) is 41.6 Å². The number of hydrogen-bond acceptors (Lipinski definition) is 3. The van der Waals surface area contributed by atoms with Gasteiger partial charge in [-0.05, 0) is 49.9 Å². The SMILES string of the molecule is Cc1cc(C(=O)N2CCCCC2CNC(=O)CCN)ccc1Cl. The predicted octanol–water partition coefficient (Wildman–Crippen LogP) is 2.11. The summed E-state index contributed by atoms with van der Waals surface area (Å²) in [7, 11) is 0. The van der Waals surface area contributed by atoms with E-state index in [0.717, 1.165) is 31.4 Å². The van der Waals surface area contributed by atoms with Gasteiger partial charge in [-0.25, -0.2) is 0 Å². The second-order valence-corrected chi connectivity index (χ2v) is 6.36. The molecule has 0 aromatic heterocycles. The summed E-state index contributed by atoms with van der Waals surface area (Å²) in [5.41, 5.74) is 6.92. The Morgan fingerprint density at radius 1 is 1.39 bits per heavy atom. The normalized spacial score (nSPS) is 17.9. The lowest BCUT2D eigenvalue weighted by atomic mass is 10.00. The van der Waals surface area contributed by atoms with Gasteiger partial charge in [0, 0.05) is 42.7 Å². The van der Waals surface area contributed by atoms with Gasteiger partial charge in [-0.1, -0.05) is 11.6 Å². The highest BCUT2D eigenvalue weighted by molar-refractivity contribution is 6.31. The van der Waals surface area contributed by atoms with Crippen molar-refractivity contribution in [2.45, 2.75) is 38.6 Å². The van der Waals surface area contributed by atoms with Crippen molar-refractivity contribution < 1.29 is 9.59 Å². The van der Waals surface area contributed by atoms with Gasteiger partial charge < -0.3 is 16.0 Å². The van der Waals surface area contributed by atoms with Crippen molar-refractivity contribution in [1.29, 1.82) is 0 Å². The van der Waals surface area contributed by atoms with E-state index < -0.39 is 0 Å². The molecule has 126 valence electrons. The lowest BCUT2D eigenvalue weighted by Gasteiger charge is -2.36. The average molecular weight is 338 g/mol. The Morgan fingerprint density at radius 2 is 2.17 bits per heavy atom. The highest BCUT2D eigenvalue weighted by Gasteiger charge is 2.27. The first kappa shape index (κ1) is 17.8. The van der Waals surface area contributed by atoms with E-state index >= 15 is 0 Å². The number of aryl methyl sites for hydroxylation is 1. The third-order valence-corrected chi connectivity index (χ3v) is 4.62. The van der Waals surface area contributed by atoms with Crippen LogP contribution in [0.4, 0.5) is 0 Å². The second kappa shape index (κ2) is 8.31. The Kier molecular flexibility index (Phi) is 6.42. The molecule has 0 radical (unpaired) electrons. The fourth-order valence-corrected chi connectivity index (χ4v) is 2.99. The van der Waals surface area contributed by atoms with Gasteiger partial charge in [-0.3, -0.25) is 9.59 Å². The third-order valence-electron chi connectivity index (χ3n) is 4.20. The molecule has 23 heavy (non-hydrogen) atoms. The predicted molar refractivity (Wildman–Crippen MR) is 91.5 cm³/mol. The van der Waals surface area contributed by atoms with Crippen LogP contribution < -0.4 is 11.1 Å². The van der Waals surface area contributed by atoms with Crippen LogP contribution in [0.15, 0.2) is 18.2 Å². The van der Waals surface area contributed by atoms with E-state index in [0.29, 0.717) is 30.1 Å². The van der Waals surface area contributed by atoms with Crippen molar-refractivity contribution in [2.24, 2.45) is 5.73 Å². The molecule has 1 aromatic rings. The molecule has 0 bridgehead atoms. The van der Waals surface area contributed by atoms with Crippen molar-refractivity contribution in [3.63, 3.8) is 0 Å². The molecule has 1 aliphatic heterocycles. The number of nitrogens with zero attached hydrogens (tertiary/aromatic N) is 1. The summed E-state index contributed by atoms with van der Waals surface area (Å²) in [4.78, 5) is 26.3. The van der Waals surface area contributed by atoms with Gasteiger partial charge in [-0.2, -0.15) is 0 Å². The first-order valence-corrected chi connectivity index (χ1v) is 8.44. The summed E-state index contributed by atoms with van der Waals surface area (Å²) in [6.07, 6.45) is 3.28. The number of amides is 2. The van der Waals surface area contributed by atoms with E-state index in [1.807, 2.05) is 17.9 Å². The molecule has 1 atom stereocenters. The number of carbonyl (C=O) groups is 2. The van der Waals surface area contributed by atoms with Crippen LogP contribution in [0, 0.1) is 6.92 Å². The lowest BCUT2D eigenvalue weighted by Crippen LogP contribution is -2.49. The number of halogens is 1. The van der Waals surface area contributed by atoms with Gasteiger partial charge in [0.15, 0.2) is 0 Å². The molecule has 1 aromatic carbocycles. The van der Waals surface area contributed by atoms with E-state index in [1.165, 1.54) is 0 Å². The smallest absolute Gasteiger partial charge is 0.254 e. The molecule has 1 heterocycles. The van der Waals surface area contributed by atoms with E-state index in [9.17, 15) is 9.59 Å². The van der Waals surface area contributed by atoms with Crippen LogP contribution >= 0.6 is 11.6 Å². The zero-order valence-electron chi connectivity index (χ0n) is 13.5. The minimum Gasteiger partial charge on any atom is -0.354 e. The second-order valence-electron chi connectivity index (χ2n) is 5.95. The Hall–Kier alpha value is -1.59.